The summed E-state index contributed by atoms with van der Waals surface area (Å²) in [5.41, 5.74) is 5.52. The maximum absolute atomic E-state index is 12.0. The Balaban J connectivity index is 0.000000730. The lowest BCUT2D eigenvalue weighted by Crippen LogP contribution is -2.53. The molecule has 0 saturated carbocycles. The summed E-state index contributed by atoms with van der Waals surface area (Å²) in [6, 6.07) is -0.154. The van der Waals surface area contributed by atoms with Crippen LogP contribution in [0.1, 0.15) is 67.2 Å². The van der Waals surface area contributed by atoms with E-state index in [4.69, 9.17) is 0 Å². The smallest absolute Gasteiger partial charge is 0.243 e. The van der Waals surface area contributed by atoms with E-state index in [9.17, 15) is 9.59 Å². The van der Waals surface area contributed by atoms with Crippen molar-refractivity contribution in [3.8, 4) is 0 Å². The second kappa shape index (κ2) is 10.3. The van der Waals surface area contributed by atoms with Gasteiger partial charge in [-0.3, -0.25) is 19.8 Å². The minimum atomic E-state index is -0.154. The summed E-state index contributed by atoms with van der Waals surface area (Å²) in [6.07, 6.45) is 7.70. The maximum Gasteiger partial charge on any atom is 0.243 e. The first-order valence-corrected chi connectivity index (χ1v) is 9.67. The van der Waals surface area contributed by atoms with Gasteiger partial charge >= 0.3 is 0 Å². The molecule has 4 heteroatoms. The van der Waals surface area contributed by atoms with Crippen LogP contribution < -0.4 is 5.32 Å². The first-order chi connectivity index (χ1) is 12.0. The fourth-order valence-electron chi connectivity index (χ4n) is 3.56. The molecule has 25 heavy (non-hydrogen) atoms. The Labute approximate surface area is 153 Å². The lowest BCUT2D eigenvalue weighted by molar-refractivity contribution is -0.137. The first-order valence-electron chi connectivity index (χ1n) is 9.67. The first kappa shape index (κ1) is 21.4. The lowest BCUT2D eigenvalue weighted by atomic mass is 9.95. The van der Waals surface area contributed by atoms with Crippen molar-refractivity contribution in [2.24, 2.45) is 0 Å². The minimum Gasteiger partial charge on any atom is -0.295 e. The van der Waals surface area contributed by atoms with Crippen LogP contribution in [0.3, 0.4) is 0 Å². The summed E-state index contributed by atoms with van der Waals surface area (Å²) in [7, 11) is 0. The molecular formula is C21H34N2O2. The molecule has 1 aliphatic carbocycles. The van der Waals surface area contributed by atoms with Gasteiger partial charge in [-0.05, 0) is 44.3 Å². The molecule has 2 heterocycles. The second-order valence-corrected chi connectivity index (χ2v) is 6.40. The van der Waals surface area contributed by atoms with E-state index in [1.165, 1.54) is 22.3 Å². The summed E-state index contributed by atoms with van der Waals surface area (Å²) in [6.45, 7) is 14.0. The Morgan fingerprint density at radius 1 is 0.960 bits per heavy atom. The molecule has 0 aromatic carbocycles. The van der Waals surface area contributed by atoms with Crippen LogP contribution in [0.25, 0.3) is 0 Å². The number of carbonyl (C=O) groups is 2. The molecule has 3 rings (SSSR count). The van der Waals surface area contributed by atoms with E-state index in [0.29, 0.717) is 12.8 Å². The van der Waals surface area contributed by atoms with Gasteiger partial charge in [0.05, 0.1) is 6.04 Å². The van der Waals surface area contributed by atoms with E-state index in [1.54, 1.807) is 0 Å². The number of hydrogen-bond donors (Lipinski definition) is 1. The van der Waals surface area contributed by atoms with Gasteiger partial charge in [0.15, 0.2) is 0 Å². The van der Waals surface area contributed by atoms with Gasteiger partial charge in [0.1, 0.15) is 0 Å². The van der Waals surface area contributed by atoms with Crippen LogP contribution in [-0.4, -0.2) is 35.8 Å². The van der Waals surface area contributed by atoms with E-state index in [1.807, 2.05) is 27.7 Å². The lowest BCUT2D eigenvalue weighted by Gasteiger charge is -2.36. The fourth-order valence-corrected chi connectivity index (χ4v) is 3.56. The highest BCUT2D eigenvalue weighted by molar-refractivity contribution is 6.00. The summed E-state index contributed by atoms with van der Waals surface area (Å²) >= 11 is 0. The Kier molecular flexibility index (Phi) is 8.84. The molecule has 4 nitrogen and oxygen atoms in total. The summed E-state index contributed by atoms with van der Waals surface area (Å²) in [5, 5.41) is 2.46. The van der Waals surface area contributed by atoms with Crippen molar-refractivity contribution >= 4 is 11.8 Å². The van der Waals surface area contributed by atoms with Gasteiger partial charge in [-0.2, -0.15) is 0 Å². The normalized spacial score (nSPS) is 23.7. The topological polar surface area (TPSA) is 49.4 Å². The van der Waals surface area contributed by atoms with Crippen molar-refractivity contribution in [3.05, 3.63) is 34.4 Å². The third-order valence-corrected chi connectivity index (χ3v) is 4.50. The number of imide groups is 1. The molecule has 2 aliphatic heterocycles. The number of nitrogens with one attached hydrogen (secondary N) is 1. The molecule has 0 aromatic rings. The quantitative estimate of drug-likeness (QED) is 0.726. The molecular weight excluding hydrogens is 312 g/mol. The summed E-state index contributed by atoms with van der Waals surface area (Å²) in [5.74, 6) is -0.270. The monoisotopic (exact) mass is 346 g/mol. The van der Waals surface area contributed by atoms with Gasteiger partial charge in [-0.1, -0.05) is 51.0 Å². The van der Waals surface area contributed by atoms with Crippen LogP contribution in [0.15, 0.2) is 34.4 Å². The molecule has 1 saturated heterocycles. The fraction of sp³-hybridized carbons (Fsp3) is 0.619. The van der Waals surface area contributed by atoms with Gasteiger partial charge in [0.25, 0.3) is 0 Å². The molecule has 1 N–H and O–H groups in total. The van der Waals surface area contributed by atoms with Crippen molar-refractivity contribution in [1.82, 2.24) is 10.2 Å². The Hall–Kier alpha value is -1.68. The van der Waals surface area contributed by atoms with Crippen molar-refractivity contribution in [2.75, 3.05) is 13.1 Å². The minimum absolute atomic E-state index is 0.128. The highest BCUT2D eigenvalue weighted by Gasteiger charge is 2.33. The third kappa shape index (κ3) is 5.67. The number of amides is 2. The molecule has 1 fully saturated rings. The maximum atomic E-state index is 12.0. The van der Waals surface area contributed by atoms with Gasteiger partial charge < -0.3 is 0 Å². The average Bonchev–Trinajstić information content (AvgIpc) is 2.74. The second-order valence-electron chi connectivity index (χ2n) is 6.40. The van der Waals surface area contributed by atoms with Crippen LogP contribution in [0.5, 0.6) is 0 Å². The SMILES string of the molecule is CC.CC.CC1=CC2=C(C=C(C)C1)CN(C1CCC(=O)NC1=O)CC2. The van der Waals surface area contributed by atoms with Crippen molar-refractivity contribution in [2.45, 2.75) is 73.3 Å². The molecule has 140 valence electrons. The highest BCUT2D eigenvalue weighted by atomic mass is 16.2. The number of piperidine rings is 1. The van der Waals surface area contributed by atoms with Crippen molar-refractivity contribution in [1.29, 1.82) is 0 Å². The Morgan fingerprint density at radius 3 is 2.16 bits per heavy atom. The zero-order chi connectivity index (χ0) is 19.0. The van der Waals surface area contributed by atoms with E-state index in [0.717, 1.165) is 25.9 Å². The van der Waals surface area contributed by atoms with Crippen molar-refractivity contribution < 1.29 is 9.59 Å². The van der Waals surface area contributed by atoms with Crippen LogP contribution in [0.4, 0.5) is 0 Å². The molecule has 0 bridgehead atoms. The van der Waals surface area contributed by atoms with E-state index in [-0.39, 0.29) is 17.9 Å². The molecule has 0 radical (unpaired) electrons. The highest BCUT2D eigenvalue weighted by Crippen LogP contribution is 2.29. The van der Waals surface area contributed by atoms with Gasteiger partial charge in [-0.25, -0.2) is 0 Å². The van der Waals surface area contributed by atoms with Gasteiger partial charge in [0, 0.05) is 19.5 Å². The summed E-state index contributed by atoms with van der Waals surface area (Å²) < 4.78 is 0. The molecule has 3 aliphatic rings. The third-order valence-electron chi connectivity index (χ3n) is 4.50. The molecule has 0 spiro atoms. The molecule has 1 atom stereocenters. The largest absolute Gasteiger partial charge is 0.295 e. The zero-order valence-electron chi connectivity index (χ0n) is 16.7. The number of rotatable bonds is 1. The van der Waals surface area contributed by atoms with Crippen LogP contribution in [0.2, 0.25) is 0 Å². The van der Waals surface area contributed by atoms with E-state index in [2.05, 4.69) is 36.2 Å². The predicted molar refractivity (Wildman–Crippen MR) is 104 cm³/mol. The number of nitrogens with zero attached hydrogens (tertiary/aromatic N) is 1. The number of carbonyl (C=O) groups excluding carboxylic acids is 2. The van der Waals surface area contributed by atoms with Crippen LogP contribution in [0, 0.1) is 0 Å². The van der Waals surface area contributed by atoms with Crippen LogP contribution in [-0.2, 0) is 9.59 Å². The van der Waals surface area contributed by atoms with Gasteiger partial charge in [0.2, 0.25) is 11.8 Å². The number of hydrogen-bond acceptors (Lipinski definition) is 3. The van der Waals surface area contributed by atoms with Crippen molar-refractivity contribution in [3.63, 3.8) is 0 Å². The van der Waals surface area contributed by atoms with Crippen LogP contribution >= 0.6 is 0 Å². The average molecular weight is 347 g/mol. The molecule has 1 unspecified atom stereocenters. The predicted octanol–water partition coefficient (Wildman–Crippen LogP) is 4.14. The molecule has 0 aromatic heterocycles. The van der Waals surface area contributed by atoms with E-state index >= 15 is 0 Å². The Bertz CT molecular complexity index is 585. The zero-order valence-corrected chi connectivity index (χ0v) is 16.7. The number of allylic oxidation sites excluding steroid dienone is 3. The summed E-state index contributed by atoms with van der Waals surface area (Å²) in [4.78, 5) is 25.5. The van der Waals surface area contributed by atoms with E-state index < -0.39 is 0 Å². The Morgan fingerprint density at radius 2 is 1.56 bits per heavy atom. The standard InChI is InChI=1S/C17H22N2O2.2C2H6/c1-11-7-12(2)9-14-10-19(6-5-13(14)8-11)15-3-4-16(20)18-17(15)21;2*1-2/h8-9,15H,3-7,10H2,1-2H3,(H,18,20,21);2*1-2H3. The molecule has 2 amide bonds. The van der Waals surface area contributed by atoms with Gasteiger partial charge in [-0.15, -0.1) is 0 Å².